The number of carbonyl (C=O) groups is 1. The summed E-state index contributed by atoms with van der Waals surface area (Å²) in [4.78, 5) is 14.2. The second kappa shape index (κ2) is 9.68. The second-order valence-electron chi connectivity index (χ2n) is 5.48. The molecule has 6 heteroatoms. The summed E-state index contributed by atoms with van der Waals surface area (Å²) < 4.78 is 6.31. The molecule has 0 aliphatic heterocycles. The summed E-state index contributed by atoms with van der Waals surface area (Å²) in [5.74, 6) is 0.301. The van der Waals surface area contributed by atoms with Crippen LogP contribution in [0.1, 0.15) is 19.4 Å². The SMILES string of the molecule is CCN(CC)c1ccc(CNC(=O)COc2ccc(Br)cc2Cl)cc1. The first kappa shape index (κ1) is 19.6. The summed E-state index contributed by atoms with van der Waals surface area (Å²) in [7, 11) is 0. The number of hydrogen-bond donors (Lipinski definition) is 1. The zero-order chi connectivity index (χ0) is 18.2. The Bertz CT molecular complexity index is 703. The number of nitrogens with zero attached hydrogens (tertiary/aromatic N) is 1. The topological polar surface area (TPSA) is 41.6 Å². The fourth-order valence-electron chi connectivity index (χ4n) is 2.40. The van der Waals surface area contributed by atoms with Crippen LogP contribution >= 0.6 is 27.5 Å². The van der Waals surface area contributed by atoms with Gasteiger partial charge in [-0.25, -0.2) is 0 Å². The number of ether oxygens (including phenoxy) is 1. The Morgan fingerprint density at radius 2 is 1.84 bits per heavy atom. The predicted molar refractivity (Wildman–Crippen MR) is 106 cm³/mol. The molecule has 0 aliphatic rings. The fourth-order valence-corrected chi connectivity index (χ4v) is 3.13. The van der Waals surface area contributed by atoms with Crippen molar-refractivity contribution in [2.45, 2.75) is 20.4 Å². The van der Waals surface area contributed by atoms with E-state index < -0.39 is 0 Å². The number of carbonyl (C=O) groups excluding carboxylic acids is 1. The molecule has 0 atom stereocenters. The molecule has 0 bridgehead atoms. The lowest BCUT2D eigenvalue weighted by atomic mass is 10.2. The Hall–Kier alpha value is -1.72. The molecule has 0 aliphatic carbocycles. The molecule has 0 saturated carbocycles. The first-order chi connectivity index (χ1) is 12.0. The van der Waals surface area contributed by atoms with Crippen LogP contribution in [0.5, 0.6) is 5.75 Å². The number of nitrogens with one attached hydrogen (secondary N) is 1. The van der Waals surface area contributed by atoms with Gasteiger partial charge in [0.15, 0.2) is 6.61 Å². The Balaban J connectivity index is 1.81. The number of hydrogen-bond acceptors (Lipinski definition) is 3. The van der Waals surface area contributed by atoms with E-state index in [1.807, 2.05) is 18.2 Å². The molecular formula is C19H22BrClN2O2. The summed E-state index contributed by atoms with van der Waals surface area (Å²) in [5.41, 5.74) is 2.24. The van der Waals surface area contributed by atoms with Gasteiger partial charge in [0.25, 0.3) is 5.91 Å². The van der Waals surface area contributed by atoms with E-state index >= 15 is 0 Å². The van der Waals surface area contributed by atoms with Crippen molar-refractivity contribution >= 4 is 39.1 Å². The van der Waals surface area contributed by atoms with Crippen molar-refractivity contribution in [3.05, 3.63) is 57.5 Å². The molecule has 0 spiro atoms. The van der Waals surface area contributed by atoms with Gasteiger partial charge in [0.05, 0.1) is 5.02 Å². The Labute approximate surface area is 162 Å². The van der Waals surface area contributed by atoms with Crippen LogP contribution in [-0.4, -0.2) is 25.6 Å². The van der Waals surface area contributed by atoms with Crippen LogP contribution in [0.2, 0.25) is 5.02 Å². The number of amides is 1. The Morgan fingerprint density at radius 3 is 2.44 bits per heavy atom. The molecule has 134 valence electrons. The maximum absolute atomic E-state index is 11.9. The van der Waals surface area contributed by atoms with E-state index in [9.17, 15) is 4.79 Å². The average molecular weight is 426 g/mol. The molecule has 2 aromatic carbocycles. The largest absolute Gasteiger partial charge is 0.482 e. The van der Waals surface area contributed by atoms with Crippen LogP contribution in [-0.2, 0) is 11.3 Å². The normalized spacial score (nSPS) is 10.4. The second-order valence-corrected chi connectivity index (χ2v) is 6.80. The third-order valence-electron chi connectivity index (χ3n) is 3.81. The lowest BCUT2D eigenvalue weighted by Crippen LogP contribution is -2.28. The van der Waals surface area contributed by atoms with E-state index in [4.69, 9.17) is 16.3 Å². The van der Waals surface area contributed by atoms with Gasteiger partial charge >= 0.3 is 0 Å². The van der Waals surface area contributed by atoms with E-state index in [0.717, 1.165) is 23.1 Å². The Morgan fingerprint density at radius 1 is 1.16 bits per heavy atom. The van der Waals surface area contributed by atoms with Crippen molar-refractivity contribution < 1.29 is 9.53 Å². The van der Waals surface area contributed by atoms with Crippen LogP contribution in [0.15, 0.2) is 46.9 Å². The van der Waals surface area contributed by atoms with E-state index in [1.165, 1.54) is 5.69 Å². The van der Waals surface area contributed by atoms with Crippen LogP contribution in [0.25, 0.3) is 0 Å². The number of halogens is 2. The highest BCUT2D eigenvalue weighted by Crippen LogP contribution is 2.27. The van der Waals surface area contributed by atoms with Gasteiger partial charge in [0.2, 0.25) is 0 Å². The van der Waals surface area contributed by atoms with Crippen molar-refractivity contribution in [3.8, 4) is 5.75 Å². The van der Waals surface area contributed by atoms with Crippen molar-refractivity contribution in [3.63, 3.8) is 0 Å². The fraction of sp³-hybridized carbons (Fsp3) is 0.316. The summed E-state index contributed by atoms with van der Waals surface area (Å²) >= 11 is 9.39. The highest BCUT2D eigenvalue weighted by molar-refractivity contribution is 9.10. The van der Waals surface area contributed by atoms with Gasteiger partial charge in [-0.15, -0.1) is 0 Å². The van der Waals surface area contributed by atoms with Crippen molar-refractivity contribution in [1.82, 2.24) is 5.32 Å². The van der Waals surface area contributed by atoms with Crippen LogP contribution in [0.4, 0.5) is 5.69 Å². The smallest absolute Gasteiger partial charge is 0.258 e. The summed E-state index contributed by atoms with van der Waals surface area (Å²) in [6, 6.07) is 13.5. The van der Waals surface area contributed by atoms with Crippen molar-refractivity contribution in [2.24, 2.45) is 0 Å². The first-order valence-corrected chi connectivity index (χ1v) is 9.39. The number of benzene rings is 2. The maximum atomic E-state index is 11.9. The zero-order valence-electron chi connectivity index (χ0n) is 14.4. The molecule has 1 N–H and O–H groups in total. The molecule has 0 heterocycles. The monoisotopic (exact) mass is 424 g/mol. The molecular weight excluding hydrogens is 404 g/mol. The van der Waals surface area contributed by atoms with E-state index in [-0.39, 0.29) is 12.5 Å². The predicted octanol–water partition coefficient (Wildman–Crippen LogP) is 4.64. The molecule has 1 amide bonds. The average Bonchev–Trinajstić information content (AvgIpc) is 2.61. The summed E-state index contributed by atoms with van der Waals surface area (Å²) in [6.45, 7) is 6.61. The van der Waals surface area contributed by atoms with Gasteiger partial charge in [-0.2, -0.15) is 0 Å². The highest BCUT2D eigenvalue weighted by Gasteiger charge is 2.07. The molecule has 0 aromatic heterocycles. The van der Waals surface area contributed by atoms with E-state index in [1.54, 1.807) is 12.1 Å². The molecule has 25 heavy (non-hydrogen) atoms. The van der Waals surface area contributed by atoms with Crippen LogP contribution in [0.3, 0.4) is 0 Å². The van der Waals surface area contributed by atoms with Gasteiger partial charge in [-0.05, 0) is 49.7 Å². The lowest BCUT2D eigenvalue weighted by Gasteiger charge is -2.21. The molecule has 0 radical (unpaired) electrons. The molecule has 4 nitrogen and oxygen atoms in total. The van der Waals surface area contributed by atoms with Gasteiger partial charge < -0.3 is 15.0 Å². The first-order valence-electron chi connectivity index (χ1n) is 8.22. The summed E-state index contributed by atoms with van der Waals surface area (Å²) in [5, 5.41) is 3.31. The van der Waals surface area contributed by atoms with E-state index in [2.05, 4.69) is 52.1 Å². The van der Waals surface area contributed by atoms with Gasteiger partial charge in [0, 0.05) is 29.8 Å². The minimum absolute atomic E-state index is 0.0706. The molecule has 0 unspecified atom stereocenters. The number of anilines is 1. The maximum Gasteiger partial charge on any atom is 0.258 e. The van der Waals surface area contributed by atoms with Gasteiger partial charge in [-0.3, -0.25) is 4.79 Å². The van der Waals surface area contributed by atoms with Gasteiger partial charge in [0.1, 0.15) is 5.75 Å². The Kier molecular flexibility index (Phi) is 7.59. The van der Waals surface area contributed by atoms with E-state index in [0.29, 0.717) is 17.3 Å². The third-order valence-corrected chi connectivity index (χ3v) is 4.60. The zero-order valence-corrected chi connectivity index (χ0v) is 16.7. The van der Waals surface area contributed by atoms with Crippen molar-refractivity contribution in [1.29, 1.82) is 0 Å². The van der Waals surface area contributed by atoms with Crippen molar-refractivity contribution in [2.75, 3.05) is 24.6 Å². The summed E-state index contributed by atoms with van der Waals surface area (Å²) in [6.07, 6.45) is 0. The third kappa shape index (κ3) is 5.94. The molecule has 0 saturated heterocycles. The molecule has 0 fully saturated rings. The quantitative estimate of drug-likeness (QED) is 0.669. The van der Waals surface area contributed by atoms with Gasteiger partial charge in [-0.1, -0.05) is 39.7 Å². The minimum atomic E-state index is -0.188. The molecule has 2 aromatic rings. The lowest BCUT2D eigenvalue weighted by molar-refractivity contribution is -0.123. The minimum Gasteiger partial charge on any atom is -0.482 e. The van der Waals surface area contributed by atoms with Crippen LogP contribution in [0, 0.1) is 0 Å². The molecule has 2 rings (SSSR count). The standard InChI is InChI=1S/C19H22BrClN2O2/c1-3-23(4-2)16-8-5-14(6-9-16)12-22-19(24)13-25-18-10-7-15(20)11-17(18)21/h5-11H,3-4,12-13H2,1-2H3,(H,22,24). The number of rotatable bonds is 8. The van der Waals surface area contributed by atoms with Crippen LogP contribution < -0.4 is 15.0 Å². The highest BCUT2D eigenvalue weighted by atomic mass is 79.9.